The second-order valence-electron chi connectivity index (χ2n) is 5.85. The number of carboxylic acids is 1. The first-order valence-corrected chi connectivity index (χ1v) is 7.70. The Hall–Kier alpha value is -1.85. The van der Waals surface area contributed by atoms with Crippen LogP contribution >= 0.6 is 12.4 Å². The molecule has 0 fully saturated rings. The van der Waals surface area contributed by atoms with Gasteiger partial charge in [0.05, 0.1) is 17.8 Å². The second-order valence-corrected chi connectivity index (χ2v) is 5.85. The molecule has 1 heterocycles. The fourth-order valence-electron chi connectivity index (χ4n) is 3.04. The summed E-state index contributed by atoms with van der Waals surface area (Å²) in [6.45, 7) is 1.25. The lowest BCUT2D eigenvalue weighted by Gasteiger charge is -2.14. The zero-order valence-electron chi connectivity index (χ0n) is 13.2. The Morgan fingerprint density at radius 1 is 1.30 bits per heavy atom. The number of fused-ring (bicyclic) bond motifs is 1. The van der Waals surface area contributed by atoms with E-state index in [0.29, 0.717) is 13.1 Å². The summed E-state index contributed by atoms with van der Waals surface area (Å²) >= 11 is 0. The van der Waals surface area contributed by atoms with E-state index in [1.807, 2.05) is 30.1 Å². The van der Waals surface area contributed by atoms with E-state index in [1.54, 1.807) is 0 Å². The van der Waals surface area contributed by atoms with Crippen molar-refractivity contribution in [3.8, 4) is 5.69 Å². The van der Waals surface area contributed by atoms with Crippen molar-refractivity contribution in [1.29, 1.82) is 0 Å². The third kappa shape index (κ3) is 3.92. The van der Waals surface area contributed by atoms with Crippen LogP contribution in [0.15, 0.2) is 30.3 Å². The summed E-state index contributed by atoms with van der Waals surface area (Å²) in [5, 5.41) is 13.6. The van der Waals surface area contributed by atoms with Crippen molar-refractivity contribution in [2.24, 2.45) is 0 Å². The minimum Gasteiger partial charge on any atom is -0.481 e. The SMILES string of the molecule is CN(CCC(=O)O)Cc1nn(-c2ccccc2)c2c1CCC2.Cl. The number of carboxylic acid groups (broad SMARTS) is 1. The first-order chi connectivity index (χ1) is 10.6. The summed E-state index contributed by atoms with van der Waals surface area (Å²) in [4.78, 5) is 12.7. The summed E-state index contributed by atoms with van der Waals surface area (Å²) in [7, 11) is 1.95. The molecule has 124 valence electrons. The quantitative estimate of drug-likeness (QED) is 0.881. The Balaban J connectivity index is 0.00000192. The molecule has 0 saturated carbocycles. The van der Waals surface area contributed by atoms with Crippen molar-refractivity contribution in [3.05, 3.63) is 47.3 Å². The Morgan fingerprint density at radius 2 is 2.04 bits per heavy atom. The van der Waals surface area contributed by atoms with Crippen LogP contribution in [0, 0.1) is 0 Å². The molecule has 5 nitrogen and oxygen atoms in total. The van der Waals surface area contributed by atoms with Crippen molar-refractivity contribution in [2.75, 3.05) is 13.6 Å². The Labute approximate surface area is 142 Å². The van der Waals surface area contributed by atoms with Crippen molar-refractivity contribution in [1.82, 2.24) is 14.7 Å². The molecular weight excluding hydrogens is 314 g/mol. The highest BCUT2D eigenvalue weighted by Crippen LogP contribution is 2.28. The van der Waals surface area contributed by atoms with Crippen molar-refractivity contribution < 1.29 is 9.90 Å². The van der Waals surface area contributed by atoms with E-state index in [0.717, 1.165) is 24.2 Å². The van der Waals surface area contributed by atoms with E-state index in [9.17, 15) is 4.79 Å². The summed E-state index contributed by atoms with van der Waals surface area (Å²) in [5.41, 5.74) is 4.85. The molecule has 0 atom stereocenters. The average Bonchev–Trinajstić information content (AvgIpc) is 3.10. The highest BCUT2D eigenvalue weighted by Gasteiger charge is 2.23. The van der Waals surface area contributed by atoms with Gasteiger partial charge in [-0.25, -0.2) is 4.68 Å². The van der Waals surface area contributed by atoms with Crippen LogP contribution < -0.4 is 0 Å². The summed E-state index contributed by atoms with van der Waals surface area (Å²) in [6.07, 6.45) is 3.48. The molecule has 0 spiro atoms. The lowest BCUT2D eigenvalue weighted by molar-refractivity contribution is -0.137. The maximum Gasteiger partial charge on any atom is 0.304 e. The molecule has 6 heteroatoms. The van der Waals surface area contributed by atoms with Gasteiger partial charge in [0.1, 0.15) is 0 Å². The number of halogens is 1. The molecule has 23 heavy (non-hydrogen) atoms. The molecule has 3 rings (SSSR count). The molecule has 2 aromatic rings. The monoisotopic (exact) mass is 335 g/mol. The van der Waals surface area contributed by atoms with Crippen LogP contribution in [0.1, 0.15) is 29.8 Å². The van der Waals surface area contributed by atoms with Gasteiger partial charge < -0.3 is 5.11 Å². The molecule has 0 amide bonds. The van der Waals surface area contributed by atoms with Crippen LogP contribution in [0.25, 0.3) is 5.69 Å². The Kier molecular flexibility index (Phi) is 5.80. The number of nitrogens with zero attached hydrogens (tertiary/aromatic N) is 3. The number of para-hydroxylation sites is 1. The van der Waals surface area contributed by atoms with Crippen LogP contribution in [-0.2, 0) is 24.2 Å². The predicted octanol–water partition coefficient (Wildman–Crippen LogP) is 2.69. The van der Waals surface area contributed by atoms with Gasteiger partial charge in [0, 0.05) is 18.8 Å². The first kappa shape index (κ1) is 17.5. The van der Waals surface area contributed by atoms with Crippen molar-refractivity contribution >= 4 is 18.4 Å². The van der Waals surface area contributed by atoms with Gasteiger partial charge in [-0.15, -0.1) is 12.4 Å². The van der Waals surface area contributed by atoms with E-state index in [4.69, 9.17) is 10.2 Å². The summed E-state index contributed by atoms with van der Waals surface area (Å²) in [6, 6.07) is 10.2. The molecule has 0 saturated heterocycles. The molecule has 0 unspecified atom stereocenters. The van der Waals surface area contributed by atoms with Crippen molar-refractivity contribution in [2.45, 2.75) is 32.2 Å². The highest BCUT2D eigenvalue weighted by atomic mass is 35.5. The zero-order chi connectivity index (χ0) is 15.5. The molecule has 1 aromatic heterocycles. The molecule has 0 aliphatic heterocycles. The van der Waals surface area contributed by atoms with E-state index in [-0.39, 0.29) is 18.8 Å². The van der Waals surface area contributed by atoms with E-state index < -0.39 is 5.97 Å². The second kappa shape index (κ2) is 7.62. The topological polar surface area (TPSA) is 58.4 Å². The smallest absolute Gasteiger partial charge is 0.304 e. The van der Waals surface area contributed by atoms with Crippen LogP contribution in [0.3, 0.4) is 0 Å². The predicted molar refractivity (Wildman–Crippen MR) is 91.4 cm³/mol. The molecule has 1 aliphatic rings. The molecular formula is C17H22ClN3O2. The number of hydrogen-bond donors (Lipinski definition) is 1. The number of aromatic nitrogens is 2. The number of benzene rings is 1. The third-order valence-electron chi connectivity index (χ3n) is 4.14. The van der Waals surface area contributed by atoms with Gasteiger partial charge >= 0.3 is 5.97 Å². The Bertz CT molecular complexity index is 670. The minimum atomic E-state index is -0.758. The molecule has 1 N–H and O–H groups in total. The highest BCUT2D eigenvalue weighted by molar-refractivity contribution is 5.85. The van der Waals surface area contributed by atoms with Gasteiger partial charge in [-0.3, -0.25) is 9.69 Å². The van der Waals surface area contributed by atoms with Gasteiger partial charge in [-0.1, -0.05) is 18.2 Å². The van der Waals surface area contributed by atoms with Gasteiger partial charge in [0.15, 0.2) is 0 Å². The normalized spacial score (nSPS) is 13.0. The number of rotatable bonds is 6. The van der Waals surface area contributed by atoms with Gasteiger partial charge in [0.2, 0.25) is 0 Å². The fraction of sp³-hybridized carbons (Fsp3) is 0.412. The summed E-state index contributed by atoms with van der Waals surface area (Å²) < 4.78 is 2.06. The molecule has 1 aliphatic carbocycles. The lowest BCUT2D eigenvalue weighted by atomic mass is 10.2. The summed E-state index contributed by atoms with van der Waals surface area (Å²) in [5.74, 6) is -0.758. The van der Waals surface area contributed by atoms with Crippen LogP contribution in [0.5, 0.6) is 0 Å². The third-order valence-corrected chi connectivity index (χ3v) is 4.14. The number of carbonyl (C=O) groups is 1. The maximum absolute atomic E-state index is 10.7. The fourth-order valence-corrected chi connectivity index (χ4v) is 3.04. The van der Waals surface area contributed by atoms with Crippen LogP contribution in [0.4, 0.5) is 0 Å². The first-order valence-electron chi connectivity index (χ1n) is 7.70. The van der Waals surface area contributed by atoms with Crippen LogP contribution in [-0.4, -0.2) is 39.3 Å². The zero-order valence-corrected chi connectivity index (χ0v) is 14.1. The van der Waals surface area contributed by atoms with Gasteiger partial charge in [-0.05, 0) is 44.0 Å². The standard InChI is InChI=1S/C17H21N3O2.ClH/c1-19(11-10-17(21)22)12-15-14-8-5-9-16(14)20(18-15)13-6-3-2-4-7-13;/h2-4,6-7H,5,8-12H2,1H3,(H,21,22);1H. The number of hydrogen-bond acceptors (Lipinski definition) is 3. The van der Waals surface area contributed by atoms with Crippen molar-refractivity contribution in [3.63, 3.8) is 0 Å². The largest absolute Gasteiger partial charge is 0.481 e. The van der Waals surface area contributed by atoms with Crippen LogP contribution in [0.2, 0.25) is 0 Å². The number of aliphatic carboxylic acids is 1. The van der Waals surface area contributed by atoms with E-state index in [1.165, 1.54) is 17.7 Å². The van der Waals surface area contributed by atoms with E-state index >= 15 is 0 Å². The van der Waals surface area contributed by atoms with E-state index in [2.05, 4.69) is 16.8 Å². The lowest BCUT2D eigenvalue weighted by Crippen LogP contribution is -2.22. The van der Waals surface area contributed by atoms with Gasteiger partial charge in [0.25, 0.3) is 0 Å². The maximum atomic E-state index is 10.7. The Morgan fingerprint density at radius 3 is 2.74 bits per heavy atom. The molecule has 0 bridgehead atoms. The molecule has 1 aromatic carbocycles. The molecule has 0 radical (unpaired) electrons. The minimum absolute atomic E-state index is 0. The average molecular weight is 336 g/mol. The van der Waals surface area contributed by atoms with Gasteiger partial charge in [-0.2, -0.15) is 5.10 Å².